The van der Waals surface area contributed by atoms with Gasteiger partial charge in [-0.2, -0.15) is 0 Å². The van der Waals surface area contributed by atoms with Crippen molar-refractivity contribution in [3.63, 3.8) is 0 Å². The van der Waals surface area contributed by atoms with Gasteiger partial charge in [-0.1, -0.05) is 59.6 Å². The molecule has 4 rings (SSSR count). The standard InChI is InChI=1S/C23H18Cl2N2O/c1-14-5-2-7-16(27-14)13-19(17-8-3-9-20(24)21(17)25)18-11-10-15-6-4-12-26-22(15)23(18)28/h2-12,19,28H,13H2,1H3. The molecule has 0 spiro atoms. The van der Waals surface area contributed by atoms with Crippen LogP contribution in [-0.2, 0) is 6.42 Å². The van der Waals surface area contributed by atoms with Gasteiger partial charge in [0.15, 0.2) is 0 Å². The van der Waals surface area contributed by atoms with Crippen LogP contribution >= 0.6 is 23.2 Å². The van der Waals surface area contributed by atoms with E-state index in [1.807, 2.05) is 61.5 Å². The Morgan fingerprint density at radius 2 is 1.75 bits per heavy atom. The molecule has 4 aromatic rings. The summed E-state index contributed by atoms with van der Waals surface area (Å²) in [6.45, 7) is 1.96. The molecule has 2 heterocycles. The van der Waals surface area contributed by atoms with Crippen LogP contribution < -0.4 is 0 Å². The van der Waals surface area contributed by atoms with Gasteiger partial charge in [-0.05, 0) is 36.8 Å². The number of phenols is 1. The number of halogens is 2. The molecule has 1 atom stereocenters. The predicted molar refractivity (Wildman–Crippen MR) is 114 cm³/mol. The van der Waals surface area contributed by atoms with Crippen LogP contribution in [0.4, 0.5) is 0 Å². The highest BCUT2D eigenvalue weighted by Crippen LogP contribution is 2.41. The van der Waals surface area contributed by atoms with E-state index in [-0.39, 0.29) is 11.7 Å². The van der Waals surface area contributed by atoms with Crippen LogP contribution in [0, 0.1) is 6.92 Å². The average Bonchev–Trinajstić information content (AvgIpc) is 2.69. The fraction of sp³-hybridized carbons (Fsp3) is 0.130. The molecule has 1 unspecified atom stereocenters. The lowest BCUT2D eigenvalue weighted by molar-refractivity contribution is 0.469. The number of pyridine rings is 2. The number of phenolic OH excluding ortho intramolecular Hbond substituents is 1. The quantitative estimate of drug-likeness (QED) is 0.429. The molecule has 0 bridgehead atoms. The number of rotatable bonds is 4. The minimum Gasteiger partial charge on any atom is -0.505 e. The second-order valence-corrected chi connectivity index (χ2v) is 7.53. The van der Waals surface area contributed by atoms with Crippen molar-refractivity contribution in [2.24, 2.45) is 0 Å². The van der Waals surface area contributed by atoms with E-state index in [0.717, 1.165) is 27.9 Å². The van der Waals surface area contributed by atoms with Crippen LogP contribution in [0.2, 0.25) is 10.0 Å². The van der Waals surface area contributed by atoms with Crippen molar-refractivity contribution in [2.45, 2.75) is 19.3 Å². The molecule has 2 aromatic carbocycles. The number of aryl methyl sites for hydroxylation is 1. The van der Waals surface area contributed by atoms with Crippen molar-refractivity contribution in [3.05, 3.63) is 99.4 Å². The average molecular weight is 409 g/mol. The first kappa shape index (κ1) is 18.7. The Labute approximate surface area is 173 Å². The fourth-order valence-corrected chi connectivity index (χ4v) is 3.97. The van der Waals surface area contributed by atoms with Gasteiger partial charge in [0, 0.05) is 40.9 Å². The Kier molecular flexibility index (Phi) is 5.21. The van der Waals surface area contributed by atoms with Crippen molar-refractivity contribution in [1.29, 1.82) is 0 Å². The van der Waals surface area contributed by atoms with Gasteiger partial charge in [-0.3, -0.25) is 9.97 Å². The molecule has 5 heteroatoms. The second-order valence-electron chi connectivity index (χ2n) is 6.75. The van der Waals surface area contributed by atoms with E-state index in [1.165, 1.54) is 0 Å². The van der Waals surface area contributed by atoms with Crippen LogP contribution in [0.25, 0.3) is 10.9 Å². The minimum absolute atomic E-state index is 0.159. The number of fused-ring (bicyclic) bond motifs is 1. The Balaban J connectivity index is 1.90. The molecule has 0 fully saturated rings. The number of nitrogens with zero attached hydrogens (tertiary/aromatic N) is 2. The highest BCUT2D eigenvalue weighted by Gasteiger charge is 2.24. The van der Waals surface area contributed by atoms with E-state index >= 15 is 0 Å². The summed E-state index contributed by atoms with van der Waals surface area (Å²) in [5.74, 6) is -0.0568. The molecule has 2 aromatic heterocycles. The third-order valence-corrected chi connectivity index (χ3v) is 5.70. The molecule has 0 amide bonds. The predicted octanol–water partition coefficient (Wildman–Crippen LogP) is 6.33. The summed E-state index contributed by atoms with van der Waals surface area (Å²) in [5.41, 5.74) is 4.03. The first-order valence-corrected chi connectivity index (χ1v) is 9.73. The van der Waals surface area contributed by atoms with Crippen LogP contribution in [0.15, 0.2) is 66.9 Å². The zero-order valence-electron chi connectivity index (χ0n) is 15.2. The van der Waals surface area contributed by atoms with Crippen molar-refractivity contribution < 1.29 is 5.11 Å². The molecule has 140 valence electrons. The smallest absolute Gasteiger partial charge is 0.145 e. The maximum absolute atomic E-state index is 11.0. The number of aromatic nitrogens is 2. The largest absolute Gasteiger partial charge is 0.505 e. The van der Waals surface area contributed by atoms with Crippen LogP contribution in [0.3, 0.4) is 0 Å². The number of hydrogen-bond acceptors (Lipinski definition) is 3. The lowest BCUT2D eigenvalue weighted by Gasteiger charge is -2.21. The Morgan fingerprint density at radius 3 is 2.57 bits per heavy atom. The molecule has 0 saturated heterocycles. The van der Waals surface area contributed by atoms with Gasteiger partial charge < -0.3 is 5.11 Å². The molecule has 0 aliphatic carbocycles. The number of hydrogen-bond donors (Lipinski definition) is 1. The lowest BCUT2D eigenvalue weighted by Crippen LogP contribution is -2.08. The van der Waals surface area contributed by atoms with Crippen LogP contribution in [-0.4, -0.2) is 15.1 Å². The first-order valence-electron chi connectivity index (χ1n) is 8.97. The molecule has 0 aliphatic rings. The van der Waals surface area contributed by atoms with Gasteiger partial charge in [0.2, 0.25) is 0 Å². The van der Waals surface area contributed by atoms with Gasteiger partial charge in [0.1, 0.15) is 11.3 Å². The van der Waals surface area contributed by atoms with E-state index in [4.69, 9.17) is 23.2 Å². The Bertz CT molecular complexity index is 1160. The highest BCUT2D eigenvalue weighted by molar-refractivity contribution is 6.42. The summed E-state index contributed by atoms with van der Waals surface area (Å²) in [5, 5.41) is 12.9. The van der Waals surface area contributed by atoms with Gasteiger partial charge in [0.05, 0.1) is 10.0 Å². The van der Waals surface area contributed by atoms with E-state index < -0.39 is 0 Å². The zero-order valence-corrected chi connectivity index (χ0v) is 16.7. The topological polar surface area (TPSA) is 46.0 Å². The maximum atomic E-state index is 11.0. The van der Waals surface area contributed by atoms with Gasteiger partial charge in [-0.15, -0.1) is 0 Å². The monoisotopic (exact) mass is 408 g/mol. The van der Waals surface area contributed by atoms with Crippen molar-refractivity contribution >= 4 is 34.1 Å². The summed E-state index contributed by atoms with van der Waals surface area (Å²) >= 11 is 12.8. The SMILES string of the molecule is Cc1cccc(CC(c2cccc(Cl)c2Cl)c2ccc3cccnc3c2O)n1. The Hall–Kier alpha value is -2.62. The molecule has 3 nitrogen and oxygen atoms in total. The molecule has 1 N–H and O–H groups in total. The summed E-state index contributed by atoms with van der Waals surface area (Å²) in [4.78, 5) is 8.99. The van der Waals surface area contributed by atoms with E-state index in [1.54, 1.807) is 12.3 Å². The number of benzene rings is 2. The third kappa shape index (κ3) is 3.56. The lowest BCUT2D eigenvalue weighted by atomic mass is 9.86. The van der Waals surface area contributed by atoms with Gasteiger partial charge in [-0.25, -0.2) is 0 Å². The van der Waals surface area contributed by atoms with Crippen molar-refractivity contribution in [2.75, 3.05) is 0 Å². The number of aromatic hydroxyl groups is 1. The highest BCUT2D eigenvalue weighted by atomic mass is 35.5. The van der Waals surface area contributed by atoms with E-state index in [9.17, 15) is 5.11 Å². The third-order valence-electron chi connectivity index (χ3n) is 4.87. The van der Waals surface area contributed by atoms with E-state index in [2.05, 4.69) is 9.97 Å². The molecular weight excluding hydrogens is 391 g/mol. The molecule has 0 radical (unpaired) electrons. The summed E-state index contributed by atoms with van der Waals surface area (Å²) in [7, 11) is 0. The molecular formula is C23H18Cl2N2O. The molecule has 0 saturated carbocycles. The maximum Gasteiger partial charge on any atom is 0.145 e. The summed E-state index contributed by atoms with van der Waals surface area (Å²) in [6, 6.07) is 19.2. The van der Waals surface area contributed by atoms with Crippen molar-refractivity contribution in [1.82, 2.24) is 9.97 Å². The minimum atomic E-state index is -0.216. The summed E-state index contributed by atoms with van der Waals surface area (Å²) < 4.78 is 0. The summed E-state index contributed by atoms with van der Waals surface area (Å²) in [6.07, 6.45) is 2.25. The second kappa shape index (κ2) is 7.78. The zero-order chi connectivity index (χ0) is 19.7. The molecule has 0 aliphatic heterocycles. The van der Waals surface area contributed by atoms with Gasteiger partial charge >= 0.3 is 0 Å². The fourth-order valence-electron chi connectivity index (χ4n) is 3.53. The first-order chi connectivity index (χ1) is 13.5. The normalized spacial score (nSPS) is 12.2. The van der Waals surface area contributed by atoms with E-state index in [0.29, 0.717) is 22.0 Å². The van der Waals surface area contributed by atoms with Crippen LogP contribution in [0.1, 0.15) is 28.4 Å². The van der Waals surface area contributed by atoms with Crippen molar-refractivity contribution in [3.8, 4) is 5.75 Å². The Morgan fingerprint density at radius 1 is 0.929 bits per heavy atom. The van der Waals surface area contributed by atoms with Gasteiger partial charge in [0.25, 0.3) is 0 Å². The molecule has 28 heavy (non-hydrogen) atoms. The van der Waals surface area contributed by atoms with Crippen LogP contribution in [0.5, 0.6) is 5.75 Å².